The number of aromatic nitrogens is 2. The summed E-state index contributed by atoms with van der Waals surface area (Å²) >= 11 is 1.12. The zero-order valence-electron chi connectivity index (χ0n) is 12.5. The van der Waals surface area contributed by atoms with E-state index in [0.29, 0.717) is 11.4 Å². The number of hydrogen-bond acceptors (Lipinski definition) is 5. The van der Waals surface area contributed by atoms with E-state index in [1.165, 1.54) is 0 Å². The average molecular weight is 304 g/mol. The Balaban J connectivity index is 2.02. The van der Waals surface area contributed by atoms with Gasteiger partial charge >= 0.3 is 0 Å². The third kappa shape index (κ3) is 3.86. The number of hydrogen-bond donors (Lipinski definition) is 2. The van der Waals surface area contributed by atoms with E-state index in [2.05, 4.69) is 14.9 Å². The molecule has 1 aromatic carbocycles. The number of rotatable bonds is 4. The number of nitrogens with one attached hydrogen (secondary N) is 1. The van der Waals surface area contributed by atoms with Crippen LogP contribution < -0.4 is 11.1 Å². The highest BCUT2D eigenvalue weighted by atomic mass is 32.1. The predicted octanol–water partition coefficient (Wildman–Crippen LogP) is 2.27. The second kappa shape index (κ2) is 6.32. The van der Waals surface area contributed by atoms with Crippen LogP contribution in [0.1, 0.15) is 47.7 Å². The Morgan fingerprint density at radius 2 is 2.00 bits per heavy atom. The van der Waals surface area contributed by atoms with Crippen LogP contribution in [0.15, 0.2) is 30.3 Å². The standard InChI is InChI=1S/C15H20N4OS/c1-15(2,3)13-12(21-19-18-13)14(20)17-9-11(16)10-7-5-4-6-8-10/h4-8,11H,9,16H2,1-3H3,(H,17,20). The largest absolute Gasteiger partial charge is 0.349 e. The van der Waals surface area contributed by atoms with Gasteiger partial charge in [0, 0.05) is 18.0 Å². The van der Waals surface area contributed by atoms with Crippen LogP contribution in [0.3, 0.4) is 0 Å². The number of nitrogens with two attached hydrogens (primary N) is 1. The molecule has 0 aliphatic rings. The topological polar surface area (TPSA) is 80.9 Å². The van der Waals surface area contributed by atoms with Gasteiger partial charge in [-0.2, -0.15) is 0 Å². The SMILES string of the molecule is CC(C)(C)c1nnsc1C(=O)NCC(N)c1ccccc1. The lowest BCUT2D eigenvalue weighted by atomic mass is 9.91. The molecule has 0 radical (unpaired) electrons. The fourth-order valence-electron chi connectivity index (χ4n) is 1.93. The maximum Gasteiger partial charge on any atom is 0.265 e. The molecule has 0 aliphatic heterocycles. The van der Waals surface area contributed by atoms with Gasteiger partial charge in [0.15, 0.2) is 0 Å². The quantitative estimate of drug-likeness (QED) is 0.908. The first-order valence-corrected chi connectivity index (χ1v) is 7.58. The molecule has 1 heterocycles. The molecule has 112 valence electrons. The van der Waals surface area contributed by atoms with Crippen LogP contribution in [0.4, 0.5) is 0 Å². The van der Waals surface area contributed by atoms with Crippen LogP contribution in [-0.4, -0.2) is 22.0 Å². The highest BCUT2D eigenvalue weighted by molar-refractivity contribution is 7.08. The van der Waals surface area contributed by atoms with Gasteiger partial charge in [0.2, 0.25) is 0 Å². The van der Waals surface area contributed by atoms with Gasteiger partial charge in [-0.15, -0.1) is 5.10 Å². The molecule has 0 aliphatic carbocycles. The van der Waals surface area contributed by atoms with Crippen LogP contribution >= 0.6 is 11.5 Å². The molecular weight excluding hydrogens is 284 g/mol. The Kier molecular flexibility index (Phi) is 4.69. The molecule has 1 unspecified atom stereocenters. The molecule has 1 aromatic heterocycles. The fourth-order valence-corrected chi connectivity index (χ4v) is 2.72. The van der Waals surface area contributed by atoms with Crippen molar-refractivity contribution in [1.29, 1.82) is 0 Å². The molecule has 3 N–H and O–H groups in total. The summed E-state index contributed by atoms with van der Waals surface area (Å²) in [7, 11) is 0. The molecule has 21 heavy (non-hydrogen) atoms. The van der Waals surface area contributed by atoms with Gasteiger partial charge in [-0.1, -0.05) is 55.6 Å². The maximum absolute atomic E-state index is 12.3. The Labute approximate surface area is 128 Å². The molecule has 1 atom stereocenters. The minimum absolute atomic E-state index is 0.165. The van der Waals surface area contributed by atoms with Crippen molar-refractivity contribution < 1.29 is 4.79 Å². The van der Waals surface area contributed by atoms with Crippen molar-refractivity contribution in [2.75, 3.05) is 6.54 Å². The van der Waals surface area contributed by atoms with Crippen molar-refractivity contribution in [1.82, 2.24) is 14.9 Å². The lowest BCUT2D eigenvalue weighted by Crippen LogP contribution is -2.32. The summed E-state index contributed by atoms with van der Waals surface area (Å²) in [6.07, 6.45) is 0. The zero-order chi connectivity index (χ0) is 15.5. The molecule has 0 fully saturated rings. The molecule has 5 nitrogen and oxygen atoms in total. The van der Waals surface area contributed by atoms with E-state index in [1.54, 1.807) is 0 Å². The number of nitrogens with zero attached hydrogens (tertiary/aromatic N) is 2. The molecule has 0 saturated carbocycles. The van der Waals surface area contributed by atoms with Gasteiger partial charge in [-0.05, 0) is 17.1 Å². The minimum atomic E-state index is -0.228. The molecule has 2 rings (SSSR count). The van der Waals surface area contributed by atoms with E-state index >= 15 is 0 Å². The van der Waals surface area contributed by atoms with Gasteiger partial charge in [-0.3, -0.25) is 4.79 Å². The lowest BCUT2D eigenvalue weighted by Gasteiger charge is -2.17. The Hall–Kier alpha value is -1.79. The molecule has 0 saturated heterocycles. The van der Waals surface area contributed by atoms with E-state index in [9.17, 15) is 4.79 Å². The minimum Gasteiger partial charge on any atom is -0.349 e. The third-order valence-electron chi connectivity index (χ3n) is 3.11. The second-order valence-electron chi connectivity index (χ2n) is 5.93. The second-order valence-corrected chi connectivity index (χ2v) is 6.68. The van der Waals surface area contributed by atoms with E-state index in [0.717, 1.165) is 22.8 Å². The fraction of sp³-hybridized carbons (Fsp3) is 0.400. The third-order valence-corrected chi connectivity index (χ3v) is 3.84. The summed E-state index contributed by atoms with van der Waals surface area (Å²) < 4.78 is 3.89. The smallest absolute Gasteiger partial charge is 0.265 e. The van der Waals surface area contributed by atoms with Crippen molar-refractivity contribution in [2.45, 2.75) is 32.2 Å². The van der Waals surface area contributed by atoms with E-state index in [4.69, 9.17) is 5.73 Å². The number of amides is 1. The van der Waals surface area contributed by atoms with Crippen molar-refractivity contribution >= 4 is 17.4 Å². The van der Waals surface area contributed by atoms with E-state index < -0.39 is 0 Å². The van der Waals surface area contributed by atoms with Crippen LogP contribution in [0, 0.1) is 0 Å². The summed E-state index contributed by atoms with van der Waals surface area (Å²) in [5.74, 6) is -0.165. The predicted molar refractivity (Wildman–Crippen MR) is 84.3 cm³/mol. The Morgan fingerprint density at radius 1 is 1.33 bits per heavy atom. The Morgan fingerprint density at radius 3 is 2.62 bits per heavy atom. The molecule has 6 heteroatoms. The van der Waals surface area contributed by atoms with Crippen LogP contribution in [0.5, 0.6) is 0 Å². The first-order valence-electron chi connectivity index (χ1n) is 6.81. The van der Waals surface area contributed by atoms with E-state index in [-0.39, 0.29) is 17.4 Å². The lowest BCUT2D eigenvalue weighted by molar-refractivity contribution is 0.0953. The number of carbonyl (C=O) groups is 1. The first-order chi connectivity index (χ1) is 9.89. The highest BCUT2D eigenvalue weighted by Crippen LogP contribution is 2.25. The van der Waals surface area contributed by atoms with Gasteiger partial charge < -0.3 is 11.1 Å². The maximum atomic E-state index is 12.3. The number of carbonyl (C=O) groups excluding carboxylic acids is 1. The Bertz CT molecular complexity index is 604. The molecule has 1 amide bonds. The summed E-state index contributed by atoms with van der Waals surface area (Å²) in [4.78, 5) is 12.8. The van der Waals surface area contributed by atoms with Crippen LogP contribution in [-0.2, 0) is 5.41 Å². The normalized spacial score (nSPS) is 13.0. The average Bonchev–Trinajstić information content (AvgIpc) is 2.95. The summed E-state index contributed by atoms with van der Waals surface area (Å²) in [5.41, 5.74) is 7.59. The monoisotopic (exact) mass is 304 g/mol. The van der Waals surface area contributed by atoms with Crippen molar-refractivity contribution in [2.24, 2.45) is 5.73 Å². The van der Waals surface area contributed by atoms with Gasteiger partial charge in [0.05, 0.1) is 5.69 Å². The zero-order valence-corrected chi connectivity index (χ0v) is 13.3. The van der Waals surface area contributed by atoms with Crippen molar-refractivity contribution in [3.05, 3.63) is 46.5 Å². The molecule has 0 bridgehead atoms. The number of benzene rings is 1. The van der Waals surface area contributed by atoms with Crippen LogP contribution in [0.2, 0.25) is 0 Å². The summed E-state index contributed by atoms with van der Waals surface area (Å²) in [5, 5.41) is 6.93. The van der Waals surface area contributed by atoms with Crippen molar-refractivity contribution in [3.8, 4) is 0 Å². The summed E-state index contributed by atoms with van der Waals surface area (Å²) in [6.45, 7) is 6.41. The molecular formula is C15H20N4OS. The first kappa shape index (κ1) is 15.6. The van der Waals surface area contributed by atoms with E-state index in [1.807, 2.05) is 51.1 Å². The van der Waals surface area contributed by atoms with Crippen LogP contribution in [0.25, 0.3) is 0 Å². The van der Waals surface area contributed by atoms with Gasteiger partial charge in [-0.25, -0.2) is 0 Å². The van der Waals surface area contributed by atoms with Gasteiger partial charge in [0.25, 0.3) is 5.91 Å². The highest BCUT2D eigenvalue weighted by Gasteiger charge is 2.26. The molecule has 0 spiro atoms. The molecule has 2 aromatic rings. The van der Waals surface area contributed by atoms with Crippen molar-refractivity contribution in [3.63, 3.8) is 0 Å². The summed E-state index contributed by atoms with van der Waals surface area (Å²) in [6, 6.07) is 9.48. The van der Waals surface area contributed by atoms with Gasteiger partial charge in [0.1, 0.15) is 4.88 Å².